The van der Waals surface area contributed by atoms with E-state index in [2.05, 4.69) is 4.98 Å². The Bertz CT molecular complexity index is 1250. The van der Waals surface area contributed by atoms with Gasteiger partial charge in [0.1, 0.15) is 10.6 Å². The molecule has 6 nitrogen and oxygen atoms in total. The molecular weight excluding hydrogens is 411 g/mol. The molecule has 0 atom stereocenters. The number of nitrogens with two attached hydrogens (primary N) is 1. The topological polar surface area (TPSA) is 90.0 Å². The zero-order chi connectivity index (χ0) is 20.4. The molecule has 146 valence electrons. The molecule has 0 spiro atoms. The van der Waals surface area contributed by atoms with Crippen molar-refractivity contribution >= 4 is 39.2 Å². The molecule has 4 aromatic rings. The number of hydrogen-bond acceptors (Lipinski definition) is 6. The first-order chi connectivity index (χ1) is 14.1. The number of thioether (sulfide) groups is 1. The Morgan fingerprint density at radius 2 is 2.00 bits per heavy atom. The summed E-state index contributed by atoms with van der Waals surface area (Å²) in [7, 11) is 0. The lowest BCUT2D eigenvalue weighted by Crippen LogP contribution is -2.32. The summed E-state index contributed by atoms with van der Waals surface area (Å²) >= 11 is 2.41. The fraction of sp³-hybridized carbons (Fsp3) is 0.0500. The van der Waals surface area contributed by atoms with Gasteiger partial charge in [0.2, 0.25) is 5.91 Å². The quantitative estimate of drug-likeness (QED) is 0.168. The summed E-state index contributed by atoms with van der Waals surface area (Å²) in [5.41, 5.74) is 3.73. The molecule has 0 fully saturated rings. The number of amides is 1. The number of hydrogen-bond donors (Lipinski definition) is 2. The average Bonchev–Trinajstić information content (AvgIpc) is 3.17. The SMILES string of the molecule is NNC(=O)CSc1nc2scc(-c3ccccc3)c2c(=O)n1-c1cccc(F)c1. The van der Waals surface area contributed by atoms with Crippen molar-refractivity contribution in [2.75, 3.05) is 5.75 Å². The van der Waals surface area contributed by atoms with Gasteiger partial charge in [0, 0.05) is 10.9 Å². The third-order valence-electron chi connectivity index (χ3n) is 4.22. The third-order valence-corrected chi connectivity index (χ3v) is 6.03. The Kier molecular flexibility index (Phi) is 5.43. The molecule has 2 aromatic carbocycles. The minimum absolute atomic E-state index is 0.0271. The van der Waals surface area contributed by atoms with E-state index in [0.29, 0.717) is 15.9 Å². The highest BCUT2D eigenvalue weighted by atomic mass is 32.2. The maximum atomic E-state index is 13.9. The first-order valence-corrected chi connectivity index (χ1v) is 10.4. The maximum absolute atomic E-state index is 13.9. The summed E-state index contributed by atoms with van der Waals surface area (Å²) in [6.45, 7) is 0. The summed E-state index contributed by atoms with van der Waals surface area (Å²) in [4.78, 5) is 30.2. The lowest BCUT2D eigenvalue weighted by atomic mass is 10.1. The number of nitrogens with one attached hydrogen (secondary N) is 1. The lowest BCUT2D eigenvalue weighted by Gasteiger charge is -2.12. The van der Waals surface area contributed by atoms with Crippen LogP contribution < -0.4 is 16.8 Å². The van der Waals surface area contributed by atoms with Crippen molar-refractivity contribution in [2.24, 2.45) is 5.84 Å². The van der Waals surface area contributed by atoms with Crippen LogP contribution in [0, 0.1) is 5.82 Å². The molecule has 0 unspecified atom stereocenters. The molecule has 9 heteroatoms. The highest BCUT2D eigenvalue weighted by molar-refractivity contribution is 7.99. The average molecular weight is 426 g/mol. The second kappa shape index (κ2) is 8.16. The zero-order valence-electron chi connectivity index (χ0n) is 15.0. The molecule has 4 rings (SSSR count). The molecule has 0 saturated heterocycles. The van der Waals surface area contributed by atoms with Gasteiger partial charge in [-0.15, -0.1) is 11.3 Å². The highest BCUT2D eigenvalue weighted by Gasteiger charge is 2.19. The van der Waals surface area contributed by atoms with Gasteiger partial charge in [-0.2, -0.15) is 0 Å². The van der Waals surface area contributed by atoms with E-state index >= 15 is 0 Å². The minimum atomic E-state index is -0.473. The van der Waals surface area contributed by atoms with Crippen LogP contribution in [0.1, 0.15) is 0 Å². The predicted octanol–water partition coefficient (Wildman–Crippen LogP) is 3.34. The molecule has 0 aliphatic heterocycles. The van der Waals surface area contributed by atoms with Gasteiger partial charge >= 0.3 is 0 Å². The number of fused-ring (bicyclic) bond motifs is 1. The van der Waals surface area contributed by atoms with Crippen molar-refractivity contribution in [3.05, 3.63) is 76.1 Å². The van der Waals surface area contributed by atoms with E-state index < -0.39 is 11.7 Å². The van der Waals surface area contributed by atoms with E-state index in [9.17, 15) is 14.0 Å². The van der Waals surface area contributed by atoms with Crippen molar-refractivity contribution in [3.63, 3.8) is 0 Å². The Morgan fingerprint density at radius 3 is 2.72 bits per heavy atom. The molecular formula is C20H15FN4O2S2. The van der Waals surface area contributed by atoms with E-state index in [1.54, 1.807) is 6.07 Å². The largest absolute Gasteiger partial charge is 0.294 e. The van der Waals surface area contributed by atoms with E-state index in [4.69, 9.17) is 5.84 Å². The van der Waals surface area contributed by atoms with Crippen LogP contribution >= 0.6 is 23.1 Å². The molecule has 0 aliphatic rings. The van der Waals surface area contributed by atoms with Gasteiger partial charge in [-0.3, -0.25) is 19.6 Å². The molecule has 0 radical (unpaired) electrons. The van der Waals surface area contributed by atoms with Crippen LogP contribution in [0.25, 0.3) is 27.0 Å². The number of benzene rings is 2. The van der Waals surface area contributed by atoms with E-state index in [-0.39, 0.29) is 16.5 Å². The fourth-order valence-corrected chi connectivity index (χ4v) is 4.73. The number of hydrazine groups is 1. The highest BCUT2D eigenvalue weighted by Crippen LogP contribution is 2.32. The van der Waals surface area contributed by atoms with Crippen LogP contribution in [-0.4, -0.2) is 21.2 Å². The summed E-state index contributed by atoms with van der Waals surface area (Å²) in [5.74, 6) is 4.23. The van der Waals surface area contributed by atoms with Crippen molar-refractivity contribution in [1.29, 1.82) is 0 Å². The monoisotopic (exact) mass is 426 g/mol. The maximum Gasteiger partial charge on any atom is 0.268 e. The van der Waals surface area contributed by atoms with E-state index in [0.717, 1.165) is 22.9 Å². The van der Waals surface area contributed by atoms with Gasteiger partial charge in [0.25, 0.3) is 5.56 Å². The molecule has 0 saturated carbocycles. The number of rotatable bonds is 5. The van der Waals surface area contributed by atoms with Crippen LogP contribution in [0.3, 0.4) is 0 Å². The number of carbonyl (C=O) groups excluding carboxylic acids is 1. The summed E-state index contributed by atoms with van der Waals surface area (Å²) in [6.07, 6.45) is 0. The van der Waals surface area contributed by atoms with Crippen LogP contribution in [-0.2, 0) is 4.79 Å². The smallest absolute Gasteiger partial charge is 0.268 e. The van der Waals surface area contributed by atoms with E-state index in [1.807, 2.05) is 41.1 Å². The van der Waals surface area contributed by atoms with Crippen LogP contribution in [0.4, 0.5) is 4.39 Å². The van der Waals surface area contributed by atoms with Crippen molar-refractivity contribution < 1.29 is 9.18 Å². The van der Waals surface area contributed by atoms with Gasteiger partial charge in [-0.1, -0.05) is 48.2 Å². The first kappa shape index (κ1) is 19.3. The lowest BCUT2D eigenvalue weighted by molar-refractivity contribution is -0.118. The van der Waals surface area contributed by atoms with Gasteiger partial charge in [0.15, 0.2) is 5.16 Å². The summed E-state index contributed by atoms with van der Waals surface area (Å²) in [5, 5.41) is 2.63. The molecule has 29 heavy (non-hydrogen) atoms. The molecule has 0 bridgehead atoms. The van der Waals surface area contributed by atoms with Gasteiger partial charge in [0.05, 0.1) is 16.8 Å². The molecule has 2 heterocycles. The zero-order valence-corrected chi connectivity index (χ0v) is 16.6. The van der Waals surface area contributed by atoms with Crippen LogP contribution in [0.2, 0.25) is 0 Å². The van der Waals surface area contributed by atoms with Gasteiger partial charge in [-0.05, 0) is 23.8 Å². The normalized spacial score (nSPS) is 11.0. The molecule has 1 amide bonds. The Balaban J connectivity index is 1.96. The standard InChI is InChI=1S/C20H15FN4O2S2/c21-13-7-4-8-14(9-13)25-19(27)17-15(12-5-2-1-3-6-12)10-28-18(17)23-20(25)29-11-16(26)24-22/h1-10H,11,22H2,(H,24,26). The van der Waals surface area contributed by atoms with E-state index in [1.165, 1.54) is 34.1 Å². The van der Waals surface area contributed by atoms with Gasteiger partial charge < -0.3 is 0 Å². The number of carbonyl (C=O) groups is 1. The van der Waals surface area contributed by atoms with Crippen LogP contribution in [0.5, 0.6) is 0 Å². The molecule has 2 aromatic heterocycles. The predicted molar refractivity (Wildman–Crippen MR) is 114 cm³/mol. The van der Waals surface area contributed by atoms with Crippen LogP contribution in [0.15, 0.2) is 69.9 Å². The summed E-state index contributed by atoms with van der Waals surface area (Å²) in [6, 6.07) is 15.2. The van der Waals surface area contributed by atoms with Crippen molar-refractivity contribution in [3.8, 4) is 16.8 Å². The number of aromatic nitrogens is 2. The Morgan fingerprint density at radius 1 is 1.21 bits per heavy atom. The number of halogens is 1. The minimum Gasteiger partial charge on any atom is -0.294 e. The number of nitrogens with zero attached hydrogens (tertiary/aromatic N) is 2. The second-order valence-corrected chi connectivity index (χ2v) is 7.87. The second-order valence-electron chi connectivity index (χ2n) is 6.07. The van der Waals surface area contributed by atoms with Gasteiger partial charge in [-0.25, -0.2) is 15.2 Å². The Hall–Kier alpha value is -3.01. The number of thiophene rings is 1. The Labute approximate surface area is 173 Å². The first-order valence-electron chi connectivity index (χ1n) is 8.56. The van der Waals surface area contributed by atoms with Crippen molar-refractivity contribution in [1.82, 2.24) is 15.0 Å². The molecule has 0 aliphatic carbocycles. The molecule has 3 N–H and O–H groups in total. The third kappa shape index (κ3) is 3.80. The summed E-state index contributed by atoms with van der Waals surface area (Å²) < 4.78 is 15.2. The fourth-order valence-electron chi connectivity index (χ4n) is 2.91. The van der Waals surface area contributed by atoms with Crippen molar-refractivity contribution in [2.45, 2.75) is 5.16 Å².